The molecule has 1 fully saturated rings. The van der Waals surface area contributed by atoms with Crippen molar-refractivity contribution in [2.45, 2.75) is 38.3 Å². The molecule has 3 nitrogen and oxygen atoms in total. The number of nitrogens with zero attached hydrogens (tertiary/aromatic N) is 1. The number of ether oxygens (including phenoxy) is 1. The highest BCUT2D eigenvalue weighted by Crippen LogP contribution is 2.19. The molecule has 2 unspecified atom stereocenters. The average molecular weight is 294 g/mol. The quantitative estimate of drug-likeness (QED) is 0.798. The molecule has 0 spiro atoms. The minimum absolute atomic E-state index is 0.173. The third-order valence-electron chi connectivity index (χ3n) is 4.21. The van der Waals surface area contributed by atoms with Gasteiger partial charge in [0.25, 0.3) is 0 Å². The molecule has 0 saturated carbocycles. The molecule has 0 amide bonds. The Kier molecular flexibility index (Phi) is 6.61. The Morgan fingerprint density at radius 1 is 1.38 bits per heavy atom. The summed E-state index contributed by atoms with van der Waals surface area (Å²) in [7, 11) is 2.17. The number of benzene rings is 1. The van der Waals surface area contributed by atoms with E-state index in [0.29, 0.717) is 6.04 Å². The monoisotopic (exact) mass is 294 g/mol. The van der Waals surface area contributed by atoms with Gasteiger partial charge in [0.1, 0.15) is 5.82 Å². The Labute approximate surface area is 127 Å². The lowest BCUT2D eigenvalue weighted by molar-refractivity contribution is 0.156. The van der Waals surface area contributed by atoms with Crippen LogP contribution in [0.4, 0.5) is 4.39 Å². The minimum atomic E-state index is -0.173. The van der Waals surface area contributed by atoms with E-state index in [1.807, 2.05) is 12.1 Å². The number of halogens is 1. The van der Waals surface area contributed by atoms with Gasteiger partial charge in [-0.25, -0.2) is 4.39 Å². The molecule has 4 heteroatoms. The molecule has 118 valence electrons. The standard InChI is InChI=1S/C17H27FN2O/c1-3-10-19-17(14-4-6-15(18)7-5-14)8-11-20(2)16-9-12-21-13-16/h4-7,16-17,19H,3,8-13H2,1-2H3. The van der Waals surface area contributed by atoms with Crippen LogP contribution < -0.4 is 5.32 Å². The van der Waals surface area contributed by atoms with Crippen molar-refractivity contribution in [3.05, 3.63) is 35.6 Å². The lowest BCUT2D eigenvalue weighted by Crippen LogP contribution is -2.35. The van der Waals surface area contributed by atoms with Gasteiger partial charge in [-0.2, -0.15) is 0 Å². The molecule has 21 heavy (non-hydrogen) atoms. The van der Waals surface area contributed by atoms with E-state index in [9.17, 15) is 4.39 Å². The van der Waals surface area contributed by atoms with E-state index in [1.54, 1.807) is 12.1 Å². The van der Waals surface area contributed by atoms with E-state index in [-0.39, 0.29) is 11.9 Å². The first-order valence-electron chi connectivity index (χ1n) is 7.97. The minimum Gasteiger partial charge on any atom is -0.380 e. The van der Waals surface area contributed by atoms with Crippen molar-refractivity contribution in [2.24, 2.45) is 0 Å². The third kappa shape index (κ3) is 5.06. The van der Waals surface area contributed by atoms with E-state index in [0.717, 1.165) is 45.6 Å². The molecule has 0 radical (unpaired) electrons. The summed E-state index contributed by atoms with van der Waals surface area (Å²) in [5.74, 6) is -0.173. The summed E-state index contributed by atoms with van der Waals surface area (Å²) in [6.07, 6.45) is 3.25. The maximum absolute atomic E-state index is 13.1. The molecule has 1 aromatic rings. The van der Waals surface area contributed by atoms with E-state index in [2.05, 4.69) is 24.2 Å². The summed E-state index contributed by atoms with van der Waals surface area (Å²) >= 11 is 0. The van der Waals surface area contributed by atoms with Gasteiger partial charge in [0.2, 0.25) is 0 Å². The molecule has 2 atom stereocenters. The van der Waals surface area contributed by atoms with E-state index < -0.39 is 0 Å². The van der Waals surface area contributed by atoms with Gasteiger partial charge >= 0.3 is 0 Å². The highest BCUT2D eigenvalue weighted by atomic mass is 19.1. The van der Waals surface area contributed by atoms with Crippen molar-refractivity contribution in [3.63, 3.8) is 0 Å². The van der Waals surface area contributed by atoms with Gasteiger partial charge in [0.05, 0.1) is 6.61 Å². The van der Waals surface area contributed by atoms with E-state index in [4.69, 9.17) is 4.74 Å². The van der Waals surface area contributed by atoms with Gasteiger partial charge in [-0.15, -0.1) is 0 Å². The smallest absolute Gasteiger partial charge is 0.123 e. The molecular weight excluding hydrogens is 267 g/mol. The SMILES string of the molecule is CCCNC(CCN(C)C1CCOC1)c1ccc(F)cc1. The second-order valence-electron chi connectivity index (χ2n) is 5.84. The van der Waals surface area contributed by atoms with Gasteiger partial charge in [0.15, 0.2) is 0 Å². The third-order valence-corrected chi connectivity index (χ3v) is 4.21. The summed E-state index contributed by atoms with van der Waals surface area (Å²) in [4.78, 5) is 2.39. The number of nitrogens with one attached hydrogen (secondary N) is 1. The number of hydrogen-bond donors (Lipinski definition) is 1. The van der Waals surface area contributed by atoms with Gasteiger partial charge < -0.3 is 15.0 Å². The van der Waals surface area contributed by atoms with E-state index in [1.165, 1.54) is 5.56 Å². The van der Waals surface area contributed by atoms with Crippen molar-refractivity contribution in [2.75, 3.05) is 33.4 Å². The van der Waals surface area contributed by atoms with Crippen LogP contribution in [0.5, 0.6) is 0 Å². The second-order valence-corrected chi connectivity index (χ2v) is 5.84. The van der Waals surface area contributed by atoms with Gasteiger partial charge in [0, 0.05) is 25.2 Å². The Morgan fingerprint density at radius 2 is 2.14 bits per heavy atom. The molecule has 1 N–H and O–H groups in total. The van der Waals surface area contributed by atoms with Crippen molar-refractivity contribution in [1.82, 2.24) is 10.2 Å². The second kappa shape index (κ2) is 8.47. The van der Waals surface area contributed by atoms with Crippen LogP contribution in [-0.4, -0.2) is 44.3 Å². The molecule has 1 heterocycles. The van der Waals surface area contributed by atoms with Crippen molar-refractivity contribution in [1.29, 1.82) is 0 Å². The first kappa shape index (κ1) is 16.4. The molecule has 0 aromatic heterocycles. The zero-order valence-corrected chi connectivity index (χ0v) is 13.1. The summed E-state index contributed by atoms with van der Waals surface area (Å²) in [5, 5.41) is 3.57. The van der Waals surface area contributed by atoms with Crippen molar-refractivity contribution < 1.29 is 9.13 Å². The summed E-state index contributed by atoms with van der Waals surface area (Å²) in [6.45, 7) is 5.90. The largest absolute Gasteiger partial charge is 0.380 e. The fraction of sp³-hybridized carbons (Fsp3) is 0.647. The maximum atomic E-state index is 13.1. The highest BCUT2D eigenvalue weighted by molar-refractivity contribution is 5.20. The Morgan fingerprint density at radius 3 is 2.76 bits per heavy atom. The molecule has 1 saturated heterocycles. The van der Waals surface area contributed by atoms with Gasteiger partial charge in [-0.05, 0) is 50.6 Å². The van der Waals surface area contributed by atoms with Crippen LogP contribution in [0, 0.1) is 5.82 Å². The van der Waals surface area contributed by atoms with Crippen LogP contribution in [0.2, 0.25) is 0 Å². The molecule has 1 aliphatic rings. The first-order chi connectivity index (χ1) is 10.2. The normalized spacial score (nSPS) is 20.1. The van der Waals surface area contributed by atoms with Crippen molar-refractivity contribution >= 4 is 0 Å². The maximum Gasteiger partial charge on any atom is 0.123 e. The zero-order valence-electron chi connectivity index (χ0n) is 13.1. The van der Waals surface area contributed by atoms with Crippen LogP contribution in [0.3, 0.4) is 0 Å². The predicted molar refractivity (Wildman–Crippen MR) is 83.9 cm³/mol. The molecule has 1 aromatic carbocycles. The molecule has 0 aliphatic carbocycles. The molecule has 1 aliphatic heterocycles. The first-order valence-corrected chi connectivity index (χ1v) is 7.97. The van der Waals surface area contributed by atoms with Gasteiger partial charge in [-0.3, -0.25) is 0 Å². The van der Waals surface area contributed by atoms with E-state index >= 15 is 0 Å². The molecule has 2 rings (SSSR count). The lowest BCUT2D eigenvalue weighted by Gasteiger charge is -2.26. The van der Waals surface area contributed by atoms with Crippen LogP contribution in [0.15, 0.2) is 24.3 Å². The average Bonchev–Trinajstić information content (AvgIpc) is 3.03. The fourth-order valence-electron chi connectivity index (χ4n) is 2.79. The van der Waals surface area contributed by atoms with Crippen LogP contribution in [0.1, 0.15) is 37.8 Å². The molecular formula is C17H27FN2O. The van der Waals surface area contributed by atoms with Crippen LogP contribution in [-0.2, 0) is 4.74 Å². The highest BCUT2D eigenvalue weighted by Gasteiger charge is 2.21. The summed E-state index contributed by atoms with van der Waals surface area (Å²) < 4.78 is 18.5. The number of hydrogen-bond acceptors (Lipinski definition) is 3. The van der Waals surface area contributed by atoms with Crippen LogP contribution in [0.25, 0.3) is 0 Å². The Bertz CT molecular complexity index is 404. The predicted octanol–water partition coefficient (Wildman–Crippen LogP) is 2.98. The summed E-state index contributed by atoms with van der Waals surface area (Å²) in [6, 6.07) is 7.71. The number of rotatable bonds is 8. The Balaban J connectivity index is 1.90. The lowest BCUT2D eigenvalue weighted by atomic mass is 10.0. The molecule has 0 bridgehead atoms. The van der Waals surface area contributed by atoms with Crippen molar-refractivity contribution in [3.8, 4) is 0 Å². The Hall–Kier alpha value is -0.970. The summed E-state index contributed by atoms with van der Waals surface area (Å²) in [5.41, 5.74) is 1.17. The zero-order chi connectivity index (χ0) is 15.1. The fourth-order valence-corrected chi connectivity index (χ4v) is 2.79. The van der Waals surface area contributed by atoms with Crippen LogP contribution >= 0.6 is 0 Å². The topological polar surface area (TPSA) is 24.5 Å². The van der Waals surface area contributed by atoms with Gasteiger partial charge in [-0.1, -0.05) is 19.1 Å². The number of likely N-dealkylation sites (N-methyl/N-ethyl adjacent to an activating group) is 1.